The van der Waals surface area contributed by atoms with Crippen molar-refractivity contribution in [3.8, 4) is 0 Å². The fourth-order valence-electron chi connectivity index (χ4n) is 2.29. The van der Waals surface area contributed by atoms with Crippen molar-refractivity contribution in [1.29, 1.82) is 0 Å². The van der Waals surface area contributed by atoms with Crippen LogP contribution in [0.5, 0.6) is 0 Å². The molecule has 1 unspecified atom stereocenters. The van der Waals surface area contributed by atoms with Crippen LogP contribution in [0.2, 0.25) is 0 Å². The Hall–Kier alpha value is -1.65. The summed E-state index contributed by atoms with van der Waals surface area (Å²) in [4.78, 5) is 1.05. The van der Waals surface area contributed by atoms with Crippen LogP contribution in [-0.2, 0) is 0 Å². The zero-order chi connectivity index (χ0) is 13.6. The predicted molar refractivity (Wildman–Crippen MR) is 74.0 cm³/mol. The number of aliphatic hydroxyl groups excluding tert-OH is 1. The number of aliphatic hydroxyl groups is 1. The Morgan fingerprint density at radius 3 is 2.74 bits per heavy atom. The maximum Gasteiger partial charge on any atom is 0.141 e. The maximum atomic E-state index is 13.3. The molecule has 0 fully saturated rings. The monoisotopic (exact) mass is 276 g/mol. The van der Waals surface area contributed by atoms with Crippen molar-refractivity contribution >= 4 is 22.3 Å². The Balaban J connectivity index is 2.15. The van der Waals surface area contributed by atoms with Crippen molar-refractivity contribution < 1.29 is 13.9 Å². The summed E-state index contributed by atoms with van der Waals surface area (Å²) >= 11 is 1.58. The Bertz CT molecular complexity index is 742. The van der Waals surface area contributed by atoms with Gasteiger partial charge in [0, 0.05) is 21.4 Å². The highest BCUT2D eigenvalue weighted by atomic mass is 32.1. The molecule has 0 aliphatic carbocycles. The second-order valence-corrected chi connectivity index (χ2v) is 5.69. The normalized spacial score (nSPS) is 13.1. The Morgan fingerprint density at radius 1 is 1.26 bits per heavy atom. The molecule has 98 valence electrons. The van der Waals surface area contributed by atoms with Crippen LogP contribution in [-0.4, -0.2) is 5.11 Å². The lowest BCUT2D eigenvalue weighted by Gasteiger charge is -2.08. The molecule has 0 bridgehead atoms. The number of benzene rings is 1. The lowest BCUT2D eigenvalue weighted by molar-refractivity contribution is 0.191. The van der Waals surface area contributed by atoms with Gasteiger partial charge < -0.3 is 9.52 Å². The predicted octanol–water partition coefficient (Wildman–Crippen LogP) is 4.33. The third kappa shape index (κ3) is 1.97. The number of hydrogen-bond acceptors (Lipinski definition) is 3. The Kier molecular flexibility index (Phi) is 2.92. The SMILES string of the molecule is Cc1sccc1C(O)c1oc2ccc(F)cc2c1C. The summed E-state index contributed by atoms with van der Waals surface area (Å²) in [6.45, 7) is 3.80. The molecule has 0 saturated heterocycles. The minimum atomic E-state index is -0.804. The van der Waals surface area contributed by atoms with Gasteiger partial charge in [-0.05, 0) is 43.5 Å². The fraction of sp³-hybridized carbons (Fsp3) is 0.200. The van der Waals surface area contributed by atoms with Gasteiger partial charge >= 0.3 is 0 Å². The lowest BCUT2D eigenvalue weighted by Crippen LogP contribution is -1.99. The molecule has 1 N–H and O–H groups in total. The number of furan rings is 1. The second kappa shape index (κ2) is 4.47. The highest BCUT2D eigenvalue weighted by Gasteiger charge is 2.21. The van der Waals surface area contributed by atoms with E-state index in [1.54, 1.807) is 17.4 Å². The average molecular weight is 276 g/mol. The quantitative estimate of drug-likeness (QED) is 0.755. The maximum absolute atomic E-state index is 13.3. The minimum Gasteiger partial charge on any atom is -0.458 e. The molecule has 1 atom stereocenters. The summed E-state index contributed by atoms with van der Waals surface area (Å²) in [6, 6.07) is 6.27. The summed E-state index contributed by atoms with van der Waals surface area (Å²) in [7, 11) is 0. The number of rotatable bonds is 2. The van der Waals surface area contributed by atoms with Crippen molar-refractivity contribution in [2.75, 3.05) is 0 Å². The molecule has 19 heavy (non-hydrogen) atoms. The van der Waals surface area contributed by atoms with Gasteiger partial charge in [0.1, 0.15) is 23.3 Å². The standard InChI is InChI=1S/C15H13FO2S/c1-8-12-7-10(16)3-4-13(12)18-15(8)14(17)11-5-6-19-9(11)2/h3-7,14,17H,1-2H3. The molecule has 4 heteroatoms. The van der Waals surface area contributed by atoms with E-state index in [9.17, 15) is 9.50 Å². The van der Waals surface area contributed by atoms with E-state index in [0.29, 0.717) is 16.7 Å². The molecule has 0 amide bonds. The van der Waals surface area contributed by atoms with Crippen molar-refractivity contribution in [2.45, 2.75) is 20.0 Å². The molecule has 2 nitrogen and oxygen atoms in total. The van der Waals surface area contributed by atoms with Crippen LogP contribution >= 0.6 is 11.3 Å². The van der Waals surface area contributed by atoms with Gasteiger partial charge in [0.2, 0.25) is 0 Å². The molecule has 3 aromatic rings. The number of aryl methyl sites for hydroxylation is 2. The topological polar surface area (TPSA) is 33.4 Å². The third-order valence-electron chi connectivity index (χ3n) is 3.38. The highest BCUT2D eigenvalue weighted by molar-refractivity contribution is 7.10. The summed E-state index contributed by atoms with van der Waals surface area (Å²) in [5.74, 6) is 0.186. The van der Waals surface area contributed by atoms with Crippen LogP contribution in [0.1, 0.15) is 27.9 Å². The van der Waals surface area contributed by atoms with Crippen LogP contribution in [0.15, 0.2) is 34.1 Å². The number of hydrogen-bond donors (Lipinski definition) is 1. The minimum absolute atomic E-state index is 0.302. The van der Waals surface area contributed by atoms with E-state index in [1.807, 2.05) is 25.3 Å². The number of halogens is 1. The molecule has 0 aliphatic heterocycles. The first-order valence-electron chi connectivity index (χ1n) is 5.98. The van der Waals surface area contributed by atoms with E-state index in [1.165, 1.54) is 12.1 Å². The molecule has 0 spiro atoms. The molecule has 0 radical (unpaired) electrons. The molecule has 2 aromatic heterocycles. The smallest absolute Gasteiger partial charge is 0.141 e. The van der Waals surface area contributed by atoms with Gasteiger partial charge in [-0.15, -0.1) is 11.3 Å². The summed E-state index contributed by atoms with van der Waals surface area (Å²) in [6.07, 6.45) is -0.804. The Labute approximate surface area is 114 Å². The third-order valence-corrected chi connectivity index (χ3v) is 4.24. The van der Waals surface area contributed by atoms with E-state index in [2.05, 4.69) is 0 Å². The van der Waals surface area contributed by atoms with Crippen molar-refractivity contribution in [1.82, 2.24) is 0 Å². The molecule has 0 saturated carbocycles. The van der Waals surface area contributed by atoms with Crippen molar-refractivity contribution in [3.05, 3.63) is 57.2 Å². The van der Waals surface area contributed by atoms with Gasteiger partial charge in [-0.3, -0.25) is 0 Å². The van der Waals surface area contributed by atoms with Gasteiger partial charge in [-0.1, -0.05) is 0 Å². The summed E-state index contributed by atoms with van der Waals surface area (Å²) in [5, 5.41) is 13.1. The van der Waals surface area contributed by atoms with E-state index in [-0.39, 0.29) is 5.82 Å². The fourth-order valence-corrected chi connectivity index (χ4v) is 3.03. The lowest BCUT2D eigenvalue weighted by atomic mass is 10.0. The van der Waals surface area contributed by atoms with Crippen LogP contribution in [0.25, 0.3) is 11.0 Å². The average Bonchev–Trinajstić information content (AvgIpc) is 2.94. The number of thiophene rings is 1. The first kappa shape index (κ1) is 12.4. The van der Waals surface area contributed by atoms with Gasteiger partial charge in [-0.25, -0.2) is 4.39 Å². The van der Waals surface area contributed by atoms with E-state index < -0.39 is 6.10 Å². The zero-order valence-corrected chi connectivity index (χ0v) is 11.4. The largest absolute Gasteiger partial charge is 0.458 e. The first-order valence-corrected chi connectivity index (χ1v) is 6.86. The van der Waals surface area contributed by atoms with Crippen LogP contribution in [0.4, 0.5) is 4.39 Å². The van der Waals surface area contributed by atoms with E-state index >= 15 is 0 Å². The summed E-state index contributed by atoms with van der Waals surface area (Å²) in [5.41, 5.74) is 2.22. The molecule has 2 heterocycles. The Morgan fingerprint density at radius 2 is 2.05 bits per heavy atom. The van der Waals surface area contributed by atoms with Gasteiger partial charge in [-0.2, -0.15) is 0 Å². The molecule has 1 aromatic carbocycles. The summed E-state index contributed by atoms with van der Waals surface area (Å²) < 4.78 is 18.9. The van der Waals surface area contributed by atoms with Crippen LogP contribution < -0.4 is 0 Å². The van der Waals surface area contributed by atoms with Crippen molar-refractivity contribution in [3.63, 3.8) is 0 Å². The van der Waals surface area contributed by atoms with E-state index in [0.717, 1.165) is 16.0 Å². The zero-order valence-electron chi connectivity index (χ0n) is 10.6. The first-order chi connectivity index (χ1) is 9.08. The van der Waals surface area contributed by atoms with Gasteiger partial charge in [0.25, 0.3) is 0 Å². The van der Waals surface area contributed by atoms with Gasteiger partial charge in [0.05, 0.1) is 0 Å². The molecule has 0 aliphatic rings. The highest BCUT2D eigenvalue weighted by Crippen LogP contribution is 2.35. The van der Waals surface area contributed by atoms with E-state index in [4.69, 9.17) is 4.42 Å². The molecular weight excluding hydrogens is 263 g/mol. The number of fused-ring (bicyclic) bond motifs is 1. The second-order valence-electron chi connectivity index (χ2n) is 4.57. The molecule has 3 rings (SSSR count). The van der Waals surface area contributed by atoms with Crippen LogP contribution in [0, 0.1) is 19.7 Å². The van der Waals surface area contributed by atoms with Crippen LogP contribution in [0.3, 0.4) is 0 Å². The molecular formula is C15H13FO2S. The van der Waals surface area contributed by atoms with Crippen molar-refractivity contribution in [2.24, 2.45) is 0 Å². The van der Waals surface area contributed by atoms with Gasteiger partial charge in [0.15, 0.2) is 0 Å².